The lowest BCUT2D eigenvalue weighted by atomic mass is 10.0. The van der Waals surface area contributed by atoms with Crippen LogP contribution in [-0.2, 0) is 11.3 Å². The van der Waals surface area contributed by atoms with E-state index in [2.05, 4.69) is 15.5 Å². The number of likely N-dealkylation sites (tertiary alicyclic amines) is 1. The third-order valence-electron chi connectivity index (χ3n) is 5.60. The number of nitrogens with zero attached hydrogens (tertiary/aromatic N) is 3. The number of carbonyl (C=O) groups excluding carboxylic acids is 2. The summed E-state index contributed by atoms with van der Waals surface area (Å²) in [6.07, 6.45) is 5.20. The molecule has 3 aromatic rings. The fraction of sp³-hybridized carbons (Fsp3) is 0.364. The molecule has 1 atom stereocenters. The van der Waals surface area contributed by atoms with Crippen molar-refractivity contribution in [1.29, 1.82) is 0 Å². The SMILES string of the molecule is Cc1noc(C)c1CN1CCC(NC(=O)c2cccc3cnccc23)CCC1=O. The van der Waals surface area contributed by atoms with Crippen molar-refractivity contribution in [2.75, 3.05) is 6.54 Å². The van der Waals surface area contributed by atoms with Gasteiger partial charge in [-0.2, -0.15) is 0 Å². The van der Waals surface area contributed by atoms with Crippen LogP contribution in [0.5, 0.6) is 0 Å². The van der Waals surface area contributed by atoms with Crippen molar-refractivity contribution in [2.45, 2.75) is 45.7 Å². The Morgan fingerprint density at radius 3 is 2.93 bits per heavy atom. The number of aryl methyl sites for hydroxylation is 2. The van der Waals surface area contributed by atoms with Crippen molar-refractivity contribution < 1.29 is 14.1 Å². The zero-order chi connectivity index (χ0) is 20.4. The Bertz CT molecular complexity index is 1030. The predicted molar refractivity (Wildman–Crippen MR) is 108 cm³/mol. The molecule has 1 saturated heterocycles. The molecule has 29 heavy (non-hydrogen) atoms. The maximum Gasteiger partial charge on any atom is 0.252 e. The number of pyridine rings is 1. The number of aromatic nitrogens is 2. The topological polar surface area (TPSA) is 88.3 Å². The summed E-state index contributed by atoms with van der Waals surface area (Å²) in [4.78, 5) is 31.4. The maximum atomic E-state index is 12.9. The molecule has 1 aromatic carbocycles. The normalized spacial score (nSPS) is 17.4. The van der Waals surface area contributed by atoms with Crippen LogP contribution in [0.1, 0.15) is 46.6 Å². The van der Waals surface area contributed by atoms with Gasteiger partial charge in [0, 0.05) is 47.9 Å². The molecule has 2 amide bonds. The highest BCUT2D eigenvalue weighted by Gasteiger charge is 2.25. The zero-order valence-corrected chi connectivity index (χ0v) is 16.6. The van der Waals surface area contributed by atoms with E-state index in [4.69, 9.17) is 4.52 Å². The Morgan fingerprint density at radius 1 is 1.28 bits per heavy atom. The summed E-state index contributed by atoms with van der Waals surface area (Å²) in [6.45, 7) is 4.83. The molecule has 1 aliphatic rings. The molecule has 7 nitrogen and oxygen atoms in total. The molecule has 1 fully saturated rings. The molecule has 1 aliphatic heterocycles. The van der Waals surface area contributed by atoms with Crippen LogP contribution in [0.2, 0.25) is 0 Å². The maximum absolute atomic E-state index is 12.9. The number of hydrogen-bond donors (Lipinski definition) is 1. The van der Waals surface area contributed by atoms with Crippen molar-refractivity contribution in [3.05, 3.63) is 59.2 Å². The molecule has 4 rings (SSSR count). The predicted octanol–water partition coefficient (Wildman–Crippen LogP) is 3.15. The second-order valence-electron chi connectivity index (χ2n) is 7.52. The number of nitrogens with one attached hydrogen (secondary N) is 1. The molecule has 0 bridgehead atoms. The fourth-order valence-electron chi connectivity index (χ4n) is 3.85. The molecule has 1 N–H and O–H groups in total. The van der Waals surface area contributed by atoms with Gasteiger partial charge in [-0.05, 0) is 44.2 Å². The highest BCUT2D eigenvalue weighted by atomic mass is 16.5. The number of carbonyl (C=O) groups is 2. The third-order valence-corrected chi connectivity index (χ3v) is 5.60. The van der Waals surface area contributed by atoms with E-state index < -0.39 is 0 Å². The Balaban J connectivity index is 1.44. The van der Waals surface area contributed by atoms with E-state index in [0.717, 1.165) is 27.8 Å². The van der Waals surface area contributed by atoms with E-state index >= 15 is 0 Å². The van der Waals surface area contributed by atoms with Gasteiger partial charge in [-0.3, -0.25) is 14.6 Å². The number of rotatable bonds is 4. The lowest BCUT2D eigenvalue weighted by molar-refractivity contribution is -0.131. The summed E-state index contributed by atoms with van der Waals surface area (Å²) in [5.74, 6) is 0.728. The fourth-order valence-corrected chi connectivity index (χ4v) is 3.85. The van der Waals surface area contributed by atoms with E-state index in [0.29, 0.717) is 37.9 Å². The molecule has 1 unspecified atom stereocenters. The van der Waals surface area contributed by atoms with Gasteiger partial charge in [-0.15, -0.1) is 0 Å². The van der Waals surface area contributed by atoms with Gasteiger partial charge in [0.2, 0.25) is 5.91 Å². The molecule has 0 saturated carbocycles. The van der Waals surface area contributed by atoms with Gasteiger partial charge in [-0.1, -0.05) is 17.3 Å². The molecule has 7 heteroatoms. The second kappa shape index (κ2) is 8.03. The Morgan fingerprint density at radius 2 is 2.14 bits per heavy atom. The van der Waals surface area contributed by atoms with Crippen LogP contribution in [0.4, 0.5) is 0 Å². The average molecular weight is 392 g/mol. The molecule has 0 spiro atoms. The lowest BCUT2D eigenvalue weighted by Crippen LogP contribution is -2.36. The lowest BCUT2D eigenvalue weighted by Gasteiger charge is -2.21. The first-order chi connectivity index (χ1) is 14.0. The van der Waals surface area contributed by atoms with Gasteiger partial charge in [0.05, 0.1) is 12.2 Å². The smallest absolute Gasteiger partial charge is 0.252 e. The first-order valence-electron chi connectivity index (χ1n) is 9.86. The Labute approximate surface area is 169 Å². The van der Waals surface area contributed by atoms with Gasteiger partial charge in [0.15, 0.2) is 0 Å². The molecular weight excluding hydrogens is 368 g/mol. The van der Waals surface area contributed by atoms with Gasteiger partial charge in [0.1, 0.15) is 5.76 Å². The second-order valence-corrected chi connectivity index (χ2v) is 7.52. The van der Waals surface area contributed by atoms with Crippen molar-refractivity contribution in [2.24, 2.45) is 0 Å². The molecular formula is C22H24N4O3. The third kappa shape index (κ3) is 3.99. The van der Waals surface area contributed by atoms with Gasteiger partial charge in [-0.25, -0.2) is 0 Å². The number of amides is 2. The first-order valence-corrected chi connectivity index (χ1v) is 9.86. The van der Waals surface area contributed by atoms with E-state index in [9.17, 15) is 9.59 Å². The highest BCUT2D eigenvalue weighted by molar-refractivity contribution is 6.06. The Hall–Kier alpha value is -3.22. The summed E-state index contributed by atoms with van der Waals surface area (Å²) in [5.41, 5.74) is 2.41. The van der Waals surface area contributed by atoms with Crippen LogP contribution in [0.25, 0.3) is 10.8 Å². The van der Waals surface area contributed by atoms with Crippen LogP contribution in [0.3, 0.4) is 0 Å². The molecule has 0 radical (unpaired) electrons. The highest BCUT2D eigenvalue weighted by Crippen LogP contribution is 2.21. The van der Waals surface area contributed by atoms with E-state index in [1.165, 1.54) is 0 Å². The summed E-state index contributed by atoms with van der Waals surface area (Å²) in [6, 6.07) is 7.44. The van der Waals surface area contributed by atoms with Gasteiger partial charge < -0.3 is 14.7 Å². The van der Waals surface area contributed by atoms with Crippen molar-refractivity contribution in [3.63, 3.8) is 0 Å². The zero-order valence-electron chi connectivity index (χ0n) is 16.6. The standard InChI is InChI=1S/C22H24N4O3/c1-14-20(15(2)29-25-14)13-26-11-9-17(6-7-21(26)27)24-22(28)19-5-3-4-16-12-23-10-8-18(16)19/h3-5,8,10,12,17H,6-7,9,11,13H2,1-2H3,(H,24,28). The van der Waals surface area contributed by atoms with Crippen LogP contribution in [0, 0.1) is 13.8 Å². The minimum absolute atomic E-state index is 0.0433. The summed E-state index contributed by atoms with van der Waals surface area (Å²) < 4.78 is 5.21. The summed E-state index contributed by atoms with van der Waals surface area (Å²) in [5, 5.41) is 8.90. The van der Waals surface area contributed by atoms with E-state index in [1.54, 1.807) is 12.4 Å². The summed E-state index contributed by atoms with van der Waals surface area (Å²) in [7, 11) is 0. The number of fused-ring (bicyclic) bond motifs is 1. The average Bonchev–Trinajstić information content (AvgIpc) is 2.94. The number of benzene rings is 1. The van der Waals surface area contributed by atoms with Crippen molar-refractivity contribution in [1.82, 2.24) is 20.4 Å². The Kier molecular flexibility index (Phi) is 5.29. The van der Waals surface area contributed by atoms with Crippen molar-refractivity contribution >= 4 is 22.6 Å². The van der Waals surface area contributed by atoms with Gasteiger partial charge in [0.25, 0.3) is 5.91 Å². The minimum atomic E-state index is -0.113. The monoisotopic (exact) mass is 392 g/mol. The van der Waals surface area contributed by atoms with Crippen LogP contribution < -0.4 is 5.32 Å². The summed E-state index contributed by atoms with van der Waals surface area (Å²) >= 11 is 0. The minimum Gasteiger partial charge on any atom is -0.361 e. The van der Waals surface area contributed by atoms with Crippen LogP contribution >= 0.6 is 0 Å². The number of hydrogen-bond acceptors (Lipinski definition) is 5. The van der Waals surface area contributed by atoms with Crippen molar-refractivity contribution in [3.8, 4) is 0 Å². The molecule has 3 heterocycles. The van der Waals surface area contributed by atoms with Gasteiger partial charge >= 0.3 is 0 Å². The molecule has 2 aromatic heterocycles. The van der Waals surface area contributed by atoms with E-state index in [-0.39, 0.29) is 17.9 Å². The first kappa shape index (κ1) is 19.1. The molecule has 150 valence electrons. The van der Waals surface area contributed by atoms with Crippen LogP contribution in [-0.4, -0.2) is 39.4 Å². The largest absolute Gasteiger partial charge is 0.361 e. The van der Waals surface area contributed by atoms with Crippen LogP contribution in [0.15, 0.2) is 41.2 Å². The van der Waals surface area contributed by atoms with E-state index in [1.807, 2.05) is 43.0 Å². The molecule has 0 aliphatic carbocycles. The quantitative estimate of drug-likeness (QED) is 0.737.